The maximum atomic E-state index is 11.2. The average Bonchev–Trinajstić information content (AvgIpc) is 3.57. The van der Waals surface area contributed by atoms with Crippen molar-refractivity contribution < 1.29 is 29.0 Å². The zero-order chi connectivity index (χ0) is 60.3. The van der Waals surface area contributed by atoms with E-state index in [1.807, 2.05) is 73.3 Å². The normalized spacial score (nSPS) is 10.1. The van der Waals surface area contributed by atoms with Gasteiger partial charge in [0.2, 0.25) is 17.6 Å². The summed E-state index contributed by atoms with van der Waals surface area (Å²) in [5.41, 5.74) is 38.1. The van der Waals surface area contributed by atoms with E-state index in [-0.39, 0.29) is 53.9 Å². The molecular weight excluding hydrogens is 1110 g/mol. The van der Waals surface area contributed by atoms with Gasteiger partial charge in [0.05, 0.1) is 31.9 Å². The molecule has 0 atom stereocenters. The molecule has 0 aliphatic carbocycles. The average molecular weight is 1180 g/mol. The Morgan fingerprint density at radius 2 is 1.28 bits per heavy atom. The molecule has 426 valence electrons. The fraction of sp³-hybridized carbons (Fsp3) is 0.220. The van der Waals surface area contributed by atoms with Crippen molar-refractivity contribution in [1.82, 2.24) is 35.2 Å². The van der Waals surface area contributed by atoms with E-state index >= 15 is 0 Å². The van der Waals surface area contributed by atoms with E-state index in [0.29, 0.717) is 54.2 Å². The van der Waals surface area contributed by atoms with Gasteiger partial charge in [-0.2, -0.15) is 15.0 Å². The Morgan fingerprint density at radius 3 is 1.80 bits per heavy atom. The third-order valence-electron chi connectivity index (χ3n) is 12.0. The zero-order valence-electron chi connectivity index (χ0n) is 46.2. The molecule has 0 unspecified atom stereocenters. The van der Waals surface area contributed by atoms with Crippen LogP contribution >= 0.6 is 15.9 Å². The first kappa shape index (κ1) is 64.8. The molecule has 9 rings (SSSR count). The van der Waals surface area contributed by atoms with Crippen LogP contribution in [0.4, 0.5) is 29.2 Å². The summed E-state index contributed by atoms with van der Waals surface area (Å²) in [6, 6.07) is 36.8. The van der Waals surface area contributed by atoms with Crippen LogP contribution in [0, 0.1) is 32.8 Å². The molecule has 0 aliphatic heterocycles. The zero-order valence-corrected chi connectivity index (χ0v) is 47.8. The predicted octanol–water partition coefficient (Wildman–Crippen LogP) is 8.42. The second-order valence-corrected chi connectivity index (χ2v) is 18.7. The number of ether oxygens (including phenoxy) is 1. The molecule has 15 N–H and O–H groups in total. The maximum absolute atomic E-state index is 11.2. The summed E-state index contributed by atoms with van der Waals surface area (Å²) in [4.78, 5) is 72.4. The quantitative estimate of drug-likeness (QED) is 0.00937. The van der Waals surface area contributed by atoms with Crippen LogP contribution in [0.15, 0.2) is 126 Å². The highest BCUT2D eigenvalue weighted by Gasteiger charge is 2.18. The first-order valence-corrected chi connectivity index (χ1v) is 26.1. The fourth-order valence-corrected chi connectivity index (χ4v) is 8.12. The number of nitrogens with zero attached hydrogens (tertiary/aromatic N) is 8. The second kappa shape index (κ2) is 33.0. The number of hydrogen-bond acceptors (Lipinski definition) is 18. The van der Waals surface area contributed by atoms with Crippen LogP contribution in [-0.2, 0) is 32.2 Å². The Kier molecular flexibility index (Phi) is 26.0. The largest absolute Gasteiger partial charge is 0.481 e. The Hall–Kier alpha value is -9.76. The van der Waals surface area contributed by atoms with Crippen molar-refractivity contribution in [1.29, 1.82) is 5.41 Å². The van der Waals surface area contributed by atoms with Crippen molar-refractivity contribution in [3.63, 3.8) is 0 Å². The number of fused-ring (bicyclic) bond motifs is 4. The standard InChI is InChI=1S/C21H21N7O2.C16H19NO2.C12H10O.C5H3BrN4.C4H9NO.CH5N3/c1-12-6-7-13-4-2-3-5-14(13)16(12)11-28(9-8-17(29)30)21-24-10-15-18(22)25-20(23)26-19(15)27-21;1-12-7-8-13-5-3-4-6-14(13)15(12)11-17-10-9-16(18)19-2;1-9-6-7-10-4-2-3-5-11(10)12(9)8-13;1-8-3-2-9-5(6)10-4(3)7;1-4(6)2-3-5;2-1(3)4/h2-7,10H,8-9,11H2,1H3,(H,29,30)(H4,22,23,24,25,26,27);3-8,17H,9-11H2,1-2H3;2-8H,1H3;2H,(H2,7,9,10);2-3,5H2,1H3;(H5,2,3,4). The molecule has 0 aliphatic rings. The Balaban J connectivity index is 0.000000238. The van der Waals surface area contributed by atoms with E-state index in [0.717, 1.165) is 56.6 Å². The minimum absolute atomic E-state index is 0.0200. The number of methoxy groups -OCH3 is 1. The number of esters is 1. The van der Waals surface area contributed by atoms with Gasteiger partial charge in [-0.3, -0.25) is 24.6 Å². The third kappa shape index (κ3) is 20.2. The van der Waals surface area contributed by atoms with Gasteiger partial charge in [0, 0.05) is 50.6 Å². The maximum Gasteiger partial charge on any atom is 0.306 e. The van der Waals surface area contributed by atoms with Crippen LogP contribution < -0.4 is 44.6 Å². The van der Waals surface area contributed by atoms with Crippen molar-refractivity contribution in [3.05, 3.63) is 171 Å². The molecule has 23 heteroatoms. The molecule has 6 aromatic carbocycles. The number of guanidine groups is 1. The topological polar surface area (TPSA) is 375 Å². The lowest BCUT2D eigenvalue weighted by atomic mass is 9.99. The number of nitrogen functional groups attached to an aromatic ring is 3. The van der Waals surface area contributed by atoms with Gasteiger partial charge in [-0.15, -0.1) is 0 Å². The number of aromatic nitrogens is 6. The van der Waals surface area contributed by atoms with Crippen molar-refractivity contribution >= 4 is 118 Å². The van der Waals surface area contributed by atoms with Crippen LogP contribution in [0.25, 0.3) is 48.2 Å². The Bertz CT molecular complexity index is 3710. The lowest BCUT2D eigenvalue weighted by Gasteiger charge is -2.24. The summed E-state index contributed by atoms with van der Waals surface area (Å²) in [6.07, 6.45) is 4.70. The highest BCUT2D eigenvalue weighted by Crippen LogP contribution is 2.27. The number of ketones is 1. The van der Waals surface area contributed by atoms with Gasteiger partial charge in [0.1, 0.15) is 17.4 Å². The molecule has 0 fully saturated rings. The van der Waals surface area contributed by atoms with Gasteiger partial charge < -0.3 is 54.5 Å². The van der Waals surface area contributed by atoms with Crippen LogP contribution in [0.5, 0.6) is 0 Å². The van der Waals surface area contributed by atoms with E-state index in [2.05, 4.69) is 134 Å². The number of carbonyl (C=O) groups is 4. The van der Waals surface area contributed by atoms with E-state index in [1.54, 1.807) is 0 Å². The number of nitrogens with two attached hydrogens (primary N) is 6. The summed E-state index contributed by atoms with van der Waals surface area (Å²) in [5.74, 6) is -0.464. The lowest BCUT2D eigenvalue weighted by molar-refractivity contribution is -0.140. The van der Waals surface area contributed by atoms with Crippen LogP contribution in [-0.4, -0.2) is 91.7 Å². The minimum atomic E-state index is -0.897. The number of hydrogen-bond donors (Lipinski definition) is 9. The summed E-state index contributed by atoms with van der Waals surface area (Å²) < 4.78 is 5.02. The van der Waals surface area contributed by atoms with Crippen LogP contribution in [0.2, 0.25) is 0 Å². The Labute approximate surface area is 483 Å². The molecule has 82 heavy (non-hydrogen) atoms. The van der Waals surface area contributed by atoms with Gasteiger partial charge in [0.25, 0.3) is 0 Å². The molecule has 0 amide bonds. The first-order chi connectivity index (χ1) is 39.2. The van der Waals surface area contributed by atoms with Gasteiger partial charge >= 0.3 is 11.9 Å². The highest BCUT2D eigenvalue weighted by molar-refractivity contribution is 9.10. The number of anilines is 4. The molecule has 22 nitrogen and oxygen atoms in total. The summed E-state index contributed by atoms with van der Waals surface area (Å²) in [5, 5.41) is 26.0. The third-order valence-corrected chi connectivity index (χ3v) is 12.4. The first-order valence-electron chi connectivity index (χ1n) is 25.3. The molecular formula is C59H67BrN16O6. The smallest absolute Gasteiger partial charge is 0.306 e. The minimum Gasteiger partial charge on any atom is -0.481 e. The molecule has 0 bridgehead atoms. The molecule has 0 radical (unpaired) electrons. The van der Waals surface area contributed by atoms with Gasteiger partial charge in [-0.25, -0.2) is 19.8 Å². The van der Waals surface area contributed by atoms with E-state index in [1.165, 1.54) is 48.3 Å². The van der Waals surface area contributed by atoms with E-state index in [9.17, 15) is 24.3 Å². The number of aliphatic carboxylic acids is 1. The number of aldehydes is 1. The second-order valence-electron chi connectivity index (χ2n) is 18.0. The van der Waals surface area contributed by atoms with E-state index in [4.69, 9.17) is 34.9 Å². The number of benzene rings is 6. The van der Waals surface area contributed by atoms with Crippen molar-refractivity contribution in [3.8, 4) is 0 Å². The molecule has 3 heterocycles. The predicted molar refractivity (Wildman–Crippen MR) is 328 cm³/mol. The Morgan fingerprint density at radius 1 is 0.732 bits per heavy atom. The number of halogens is 1. The van der Waals surface area contributed by atoms with Crippen molar-refractivity contribution in [2.24, 2.45) is 17.2 Å². The number of carbonyl (C=O) groups excluding carboxylic acids is 3. The van der Waals surface area contributed by atoms with Gasteiger partial charge in [-0.05, 0) is 110 Å². The summed E-state index contributed by atoms with van der Waals surface area (Å²) in [7, 11) is 1.41. The van der Waals surface area contributed by atoms with E-state index < -0.39 is 5.97 Å². The fourth-order valence-electron chi connectivity index (χ4n) is 7.83. The summed E-state index contributed by atoms with van der Waals surface area (Å²) >= 11 is 3.02. The number of carboxylic acids is 1. The molecule has 9 aromatic rings. The molecule has 0 saturated carbocycles. The SMILES string of the molecule is CC(=O)CCN.COC(=O)CCNCc1c(C)ccc2ccccc12.Cc1ccc2ccccc2c1C=O.Cc1ccc2ccccc2c1CN(CCC(=O)O)c1ncc2c(N)nc(N)nc2n1.N=C(N)N.[C-]#[N+]c1cnc(Br)nc1N. The lowest BCUT2D eigenvalue weighted by Crippen LogP contribution is -2.28. The van der Waals surface area contributed by atoms with Crippen molar-refractivity contribution in [2.75, 3.05) is 48.8 Å². The summed E-state index contributed by atoms with van der Waals surface area (Å²) in [6.45, 7) is 16.8. The number of carboxylic acid groups (broad SMARTS) is 1. The monoisotopic (exact) mass is 1170 g/mol. The number of nitrogens with one attached hydrogen (secondary N) is 2. The molecule has 3 aromatic heterocycles. The number of rotatable bonds is 14. The molecule has 0 saturated heterocycles. The number of aryl methyl sites for hydroxylation is 3. The molecule has 0 spiro atoms. The number of Topliss-reactive ketones (excluding diaryl/α,β-unsaturated/α-hetero) is 1. The van der Waals surface area contributed by atoms with Crippen LogP contribution in [0.3, 0.4) is 0 Å². The van der Waals surface area contributed by atoms with Crippen LogP contribution in [0.1, 0.15) is 64.4 Å². The van der Waals surface area contributed by atoms with Crippen molar-refractivity contribution in [2.45, 2.75) is 60.0 Å². The van der Waals surface area contributed by atoms with Gasteiger partial charge in [0.15, 0.2) is 22.6 Å². The van der Waals surface area contributed by atoms with Gasteiger partial charge in [-0.1, -0.05) is 109 Å². The highest BCUT2D eigenvalue weighted by atomic mass is 79.9.